The maximum absolute atomic E-state index is 13.2. The van der Waals surface area contributed by atoms with Crippen LogP contribution in [0.25, 0.3) is 0 Å². The monoisotopic (exact) mass is 537 g/mol. The van der Waals surface area contributed by atoms with Gasteiger partial charge in [0.25, 0.3) is 5.91 Å². The molecule has 1 aliphatic rings. The second-order valence-corrected chi connectivity index (χ2v) is 9.19. The standard InChI is InChI=1S/C28H37N3O2.C2H2O4/c1-5-7-18-30(6-2)19-13-20-33-29-23(4)21-25-27(24-15-9-8-10-16-24)31(28(25)32)26-17-12-11-14-22(26)3;3-1(4)2(5)6/h8-12,14-17,21,27H,5-7,13,18-20H2,1-4H3;(H,3,4)(H,5,6)/b25-21+,29-23?;. The van der Waals surface area contributed by atoms with Crippen LogP contribution in [-0.4, -0.2) is 64.9 Å². The van der Waals surface area contributed by atoms with Gasteiger partial charge in [-0.25, -0.2) is 9.59 Å². The van der Waals surface area contributed by atoms with Crippen LogP contribution in [0.1, 0.15) is 57.2 Å². The molecule has 3 rings (SSSR count). The summed E-state index contributed by atoms with van der Waals surface area (Å²) >= 11 is 0. The molecule has 1 amide bonds. The maximum Gasteiger partial charge on any atom is 0.414 e. The van der Waals surface area contributed by atoms with E-state index in [1.165, 1.54) is 12.8 Å². The van der Waals surface area contributed by atoms with Gasteiger partial charge in [-0.05, 0) is 63.0 Å². The number of carboxylic acid groups (broad SMARTS) is 2. The Morgan fingerprint density at radius 1 is 1.00 bits per heavy atom. The molecule has 1 heterocycles. The van der Waals surface area contributed by atoms with Crippen molar-refractivity contribution in [3.05, 3.63) is 77.4 Å². The number of β-lactam (4-membered cyclic amide) rings is 1. The number of oxime groups is 1. The van der Waals surface area contributed by atoms with Gasteiger partial charge in [-0.2, -0.15) is 0 Å². The Morgan fingerprint density at radius 3 is 2.21 bits per heavy atom. The zero-order valence-corrected chi connectivity index (χ0v) is 23.2. The van der Waals surface area contributed by atoms with Crippen molar-refractivity contribution in [3.63, 3.8) is 0 Å². The number of hydrogen-bond acceptors (Lipinski definition) is 6. The Balaban J connectivity index is 0.000000798. The smallest absolute Gasteiger partial charge is 0.414 e. The van der Waals surface area contributed by atoms with Crippen molar-refractivity contribution < 1.29 is 29.4 Å². The fourth-order valence-corrected chi connectivity index (χ4v) is 4.19. The number of unbranched alkanes of at least 4 members (excludes halogenated alkanes) is 1. The summed E-state index contributed by atoms with van der Waals surface area (Å²) in [7, 11) is 0. The predicted octanol–water partition coefficient (Wildman–Crippen LogP) is 5.07. The molecular weight excluding hydrogens is 498 g/mol. The highest BCUT2D eigenvalue weighted by Gasteiger charge is 2.44. The Morgan fingerprint density at radius 2 is 1.62 bits per heavy atom. The first-order valence-electron chi connectivity index (χ1n) is 13.2. The van der Waals surface area contributed by atoms with Gasteiger partial charge in [-0.1, -0.05) is 74.0 Å². The number of anilines is 1. The molecule has 0 saturated carbocycles. The molecule has 1 aliphatic heterocycles. The van der Waals surface area contributed by atoms with Crippen molar-refractivity contribution in [2.75, 3.05) is 31.1 Å². The molecule has 9 heteroatoms. The van der Waals surface area contributed by atoms with Gasteiger partial charge in [0.15, 0.2) is 0 Å². The average Bonchev–Trinajstić information content (AvgIpc) is 2.93. The first-order valence-corrected chi connectivity index (χ1v) is 13.2. The number of allylic oxidation sites excluding steroid dienone is 1. The van der Waals surface area contributed by atoms with E-state index in [0.717, 1.165) is 48.4 Å². The SMILES string of the molecule is CCCCN(CC)CCCON=C(C)/C=C1/C(=O)N(c2ccccc2C)C1c1ccccc1.O=C(O)C(=O)O. The Labute approximate surface area is 230 Å². The van der Waals surface area contributed by atoms with Crippen LogP contribution < -0.4 is 4.90 Å². The summed E-state index contributed by atoms with van der Waals surface area (Å²) in [6.07, 6.45) is 5.26. The molecule has 2 aromatic carbocycles. The highest BCUT2D eigenvalue weighted by molar-refractivity contribution is 6.27. The molecule has 2 aromatic rings. The van der Waals surface area contributed by atoms with Gasteiger partial charge in [0.1, 0.15) is 6.61 Å². The van der Waals surface area contributed by atoms with Crippen LogP contribution in [0.15, 0.2) is 71.4 Å². The zero-order valence-electron chi connectivity index (χ0n) is 23.2. The van der Waals surface area contributed by atoms with Crippen LogP contribution in [0.5, 0.6) is 0 Å². The topological polar surface area (TPSA) is 120 Å². The molecule has 2 N–H and O–H groups in total. The van der Waals surface area contributed by atoms with Crippen molar-refractivity contribution in [1.82, 2.24) is 4.90 Å². The number of carbonyl (C=O) groups excluding carboxylic acids is 1. The molecule has 0 aliphatic carbocycles. The number of hydrogen-bond donors (Lipinski definition) is 2. The molecule has 0 bridgehead atoms. The summed E-state index contributed by atoms with van der Waals surface area (Å²) in [5.41, 5.74) is 4.57. The van der Waals surface area contributed by atoms with E-state index >= 15 is 0 Å². The number of aliphatic carboxylic acids is 2. The fraction of sp³-hybridized carbons (Fsp3) is 0.400. The Kier molecular flexibility index (Phi) is 12.9. The molecule has 210 valence electrons. The molecule has 39 heavy (non-hydrogen) atoms. The molecule has 0 aromatic heterocycles. The lowest BCUT2D eigenvalue weighted by atomic mass is 9.86. The van der Waals surface area contributed by atoms with Crippen LogP contribution >= 0.6 is 0 Å². The van der Waals surface area contributed by atoms with E-state index < -0.39 is 11.9 Å². The number of carboxylic acids is 2. The van der Waals surface area contributed by atoms with E-state index in [0.29, 0.717) is 12.3 Å². The second kappa shape index (κ2) is 16.1. The van der Waals surface area contributed by atoms with Crippen LogP contribution in [0.2, 0.25) is 0 Å². The lowest BCUT2D eigenvalue weighted by Gasteiger charge is -2.43. The van der Waals surface area contributed by atoms with Gasteiger partial charge >= 0.3 is 11.9 Å². The third kappa shape index (κ3) is 9.37. The third-order valence-corrected chi connectivity index (χ3v) is 6.25. The van der Waals surface area contributed by atoms with Crippen molar-refractivity contribution in [2.24, 2.45) is 5.16 Å². The normalized spacial score (nSPS) is 16.0. The van der Waals surface area contributed by atoms with Gasteiger partial charge in [-0.3, -0.25) is 9.69 Å². The van der Waals surface area contributed by atoms with Crippen LogP contribution in [-0.2, 0) is 19.2 Å². The maximum atomic E-state index is 13.2. The van der Waals surface area contributed by atoms with E-state index in [2.05, 4.69) is 36.0 Å². The minimum Gasteiger partial charge on any atom is -0.473 e. The molecule has 0 radical (unpaired) electrons. The number of rotatable bonds is 12. The molecule has 1 unspecified atom stereocenters. The number of amides is 1. The molecule has 9 nitrogen and oxygen atoms in total. The molecule has 1 fully saturated rings. The van der Waals surface area contributed by atoms with Gasteiger partial charge in [0.2, 0.25) is 0 Å². The number of para-hydroxylation sites is 1. The predicted molar refractivity (Wildman–Crippen MR) is 152 cm³/mol. The second-order valence-electron chi connectivity index (χ2n) is 9.19. The van der Waals surface area contributed by atoms with Gasteiger partial charge < -0.3 is 20.0 Å². The zero-order chi connectivity index (χ0) is 28.8. The van der Waals surface area contributed by atoms with E-state index in [4.69, 9.17) is 24.6 Å². The van der Waals surface area contributed by atoms with Crippen molar-refractivity contribution in [1.29, 1.82) is 0 Å². The molecule has 1 saturated heterocycles. The van der Waals surface area contributed by atoms with Crippen molar-refractivity contribution in [2.45, 2.75) is 53.0 Å². The average molecular weight is 538 g/mol. The number of aryl methyl sites for hydroxylation is 1. The van der Waals surface area contributed by atoms with Gasteiger partial charge in [0.05, 0.1) is 11.8 Å². The summed E-state index contributed by atoms with van der Waals surface area (Å²) in [6.45, 7) is 12.1. The largest absolute Gasteiger partial charge is 0.473 e. The minimum atomic E-state index is -1.82. The third-order valence-electron chi connectivity index (χ3n) is 6.25. The number of carbonyl (C=O) groups is 3. The van der Waals surface area contributed by atoms with Crippen LogP contribution in [0, 0.1) is 6.92 Å². The Bertz CT molecular complexity index is 1150. The summed E-state index contributed by atoms with van der Waals surface area (Å²) in [5, 5.41) is 19.0. The Hall–Kier alpha value is -3.98. The summed E-state index contributed by atoms with van der Waals surface area (Å²) in [4.78, 5) is 41.2. The van der Waals surface area contributed by atoms with E-state index in [1.807, 2.05) is 67.3 Å². The highest BCUT2D eigenvalue weighted by Crippen LogP contribution is 2.44. The number of benzene rings is 2. The lowest BCUT2D eigenvalue weighted by molar-refractivity contribution is -0.159. The summed E-state index contributed by atoms with van der Waals surface area (Å²) in [5.74, 6) is -3.63. The quantitative estimate of drug-likeness (QED) is 0.0969. The van der Waals surface area contributed by atoms with Crippen molar-refractivity contribution >= 4 is 29.2 Å². The van der Waals surface area contributed by atoms with E-state index in [-0.39, 0.29) is 11.9 Å². The van der Waals surface area contributed by atoms with Gasteiger partial charge in [0, 0.05) is 17.8 Å². The first kappa shape index (κ1) is 31.2. The molecule has 0 spiro atoms. The van der Waals surface area contributed by atoms with Crippen LogP contribution in [0.3, 0.4) is 0 Å². The highest BCUT2D eigenvalue weighted by atomic mass is 16.6. The number of nitrogens with zero attached hydrogens (tertiary/aromatic N) is 3. The minimum absolute atomic E-state index is 0.0159. The fourth-order valence-electron chi connectivity index (χ4n) is 4.19. The van der Waals surface area contributed by atoms with Gasteiger partial charge in [-0.15, -0.1) is 0 Å². The summed E-state index contributed by atoms with van der Waals surface area (Å²) in [6, 6.07) is 18.0. The van der Waals surface area contributed by atoms with Crippen molar-refractivity contribution in [3.8, 4) is 0 Å². The summed E-state index contributed by atoms with van der Waals surface area (Å²) < 4.78 is 0. The van der Waals surface area contributed by atoms with E-state index in [1.54, 1.807) is 0 Å². The molecule has 1 atom stereocenters. The van der Waals surface area contributed by atoms with Crippen LogP contribution in [0.4, 0.5) is 5.69 Å². The molecular formula is C30H39N3O6. The lowest BCUT2D eigenvalue weighted by Crippen LogP contribution is -2.49. The first-order chi connectivity index (χ1) is 18.7. The van der Waals surface area contributed by atoms with E-state index in [9.17, 15) is 4.79 Å².